The monoisotopic (exact) mass is 338 g/mol. The van der Waals surface area contributed by atoms with Crippen molar-refractivity contribution in [1.29, 1.82) is 0 Å². The Morgan fingerprint density at radius 2 is 2.09 bits per heavy atom. The van der Waals surface area contributed by atoms with Gasteiger partial charge in [-0.1, -0.05) is 0 Å². The molecule has 1 aromatic rings. The number of rotatable bonds is 4. The van der Waals surface area contributed by atoms with E-state index in [1.54, 1.807) is 18.4 Å². The lowest BCUT2D eigenvalue weighted by Crippen LogP contribution is -2.61. The van der Waals surface area contributed by atoms with Gasteiger partial charge in [-0.25, -0.2) is 4.98 Å². The molecular formula is C15H26N6OS. The highest BCUT2D eigenvalue weighted by molar-refractivity contribution is 7.09. The zero-order valence-electron chi connectivity index (χ0n) is 14.3. The van der Waals surface area contributed by atoms with E-state index in [1.807, 2.05) is 26.2 Å². The number of guanidine groups is 1. The first kappa shape index (κ1) is 17.7. The molecule has 0 bridgehead atoms. The summed E-state index contributed by atoms with van der Waals surface area (Å²) in [5.74, 6) is 0.585. The molecule has 0 aliphatic carbocycles. The van der Waals surface area contributed by atoms with Crippen molar-refractivity contribution in [3.8, 4) is 0 Å². The summed E-state index contributed by atoms with van der Waals surface area (Å²) >= 11 is 1.65. The lowest BCUT2D eigenvalue weighted by atomic mass is 10.0. The Bertz CT molecular complexity index is 574. The van der Waals surface area contributed by atoms with Gasteiger partial charge in [-0.2, -0.15) is 0 Å². The van der Waals surface area contributed by atoms with Gasteiger partial charge in [0.1, 0.15) is 5.01 Å². The maximum Gasteiger partial charge on any atom is 0.237 e. The van der Waals surface area contributed by atoms with Crippen LogP contribution in [0.25, 0.3) is 0 Å². The van der Waals surface area contributed by atoms with E-state index in [1.165, 1.54) is 0 Å². The zero-order valence-corrected chi connectivity index (χ0v) is 15.1. The number of thiazole rings is 1. The summed E-state index contributed by atoms with van der Waals surface area (Å²) in [5.41, 5.74) is 5.94. The predicted octanol–water partition coefficient (Wildman–Crippen LogP) is 0.408. The molecule has 7 nitrogen and oxygen atoms in total. The van der Waals surface area contributed by atoms with Gasteiger partial charge in [0.2, 0.25) is 5.91 Å². The van der Waals surface area contributed by atoms with E-state index in [0.29, 0.717) is 6.54 Å². The highest BCUT2D eigenvalue weighted by Gasteiger charge is 2.35. The van der Waals surface area contributed by atoms with Gasteiger partial charge in [-0.3, -0.25) is 14.7 Å². The van der Waals surface area contributed by atoms with Gasteiger partial charge in [-0.15, -0.1) is 11.3 Å². The number of nitrogens with two attached hydrogens (primary N) is 1. The van der Waals surface area contributed by atoms with Gasteiger partial charge in [0.05, 0.1) is 12.1 Å². The summed E-state index contributed by atoms with van der Waals surface area (Å²) in [5, 5.41) is 6.46. The van der Waals surface area contributed by atoms with Gasteiger partial charge in [0, 0.05) is 44.3 Å². The number of nitrogens with zero attached hydrogens (tertiary/aromatic N) is 4. The molecule has 128 valence electrons. The van der Waals surface area contributed by atoms with Gasteiger partial charge < -0.3 is 16.0 Å². The number of aromatic nitrogens is 1. The molecule has 1 fully saturated rings. The minimum Gasteiger partial charge on any atom is -0.368 e. The molecule has 1 amide bonds. The summed E-state index contributed by atoms with van der Waals surface area (Å²) in [7, 11) is 1.79. The standard InChI is InChI=1S/C15H26N6OS/c1-11-10-23-12(19-11)9-18-14(17-4)20-5-7-21(8-6-20)15(2,3)13(16)22/h10H,5-9H2,1-4H3,(H2,16,22)(H,17,18). The fraction of sp³-hybridized carbons (Fsp3) is 0.667. The van der Waals surface area contributed by atoms with Crippen LogP contribution in [0.2, 0.25) is 0 Å². The third-order valence-electron chi connectivity index (χ3n) is 4.25. The second-order valence-electron chi connectivity index (χ2n) is 6.18. The van der Waals surface area contributed by atoms with Gasteiger partial charge >= 0.3 is 0 Å². The largest absolute Gasteiger partial charge is 0.368 e. The van der Waals surface area contributed by atoms with E-state index in [2.05, 4.69) is 25.1 Å². The summed E-state index contributed by atoms with van der Waals surface area (Å²) in [4.78, 5) is 24.7. The maximum absolute atomic E-state index is 11.6. The number of piperazine rings is 1. The van der Waals surface area contributed by atoms with Crippen LogP contribution in [0.3, 0.4) is 0 Å². The molecule has 0 saturated carbocycles. The lowest BCUT2D eigenvalue weighted by molar-refractivity contribution is -0.129. The van der Waals surface area contributed by atoms with Crippen LogP contribution in [0.5, 0.6) is 0 Å². The normalized spacial score (nSPS) is 17.4. The van der Waals surface area contributed by atoms with Crippen LogP contribution in [0.4, 0.5) is 0 Å². The summed E-state index contributed by atoms with van der Waals surface area (Å²) in [6, 6.07) is 0. The molecule has 3 N–H and O–H groups in total. The Balaban J connectivity index is 1.88. The van der Waals surface area contributed by atoms with Crippen molar-refractivity contribution in [3.63, 3.8) is 0 Å². The SMILES string of the molecule is CN=C(NCc1nc(C)cs1)N1CCN(C(C)(C)C(N)=O)CC1. The third kappa shape index (κ3) is 4.20. The number of primary amides is 1. The van der Waals surface area contributed by atoms with E-state index in [-0.39, 0.29) is 5.91 Å². The molecule has 1 aliphatic rings. The van der Waals surface area contributed by atoms with Crippen LogP contribution < -0.4 is 11.1 Å². The second-order valence-corrected chi connectivity index (χ2v) is 7.12. The average Bonchev–Trinajstić information content (AvgIpc) is 2.94. The summed E-state index contributed by atoms with van der Waals surface area (Å²) in [6.07, 6.45) is 0. The lowest BCUT2D eigenvalue weighted by Gasteiger charge is -2.43. The van der Waals surface area contributed by atoms with Crippen molar-refractivity contribution in [2.75, 3.05) is 33.2 Å². The predicted molar refractivity (Wildman–Crippen MR) is 93.5 cm³/mol. The maximum atomic E-state index is 11.6. The fourth-order valence-electron chi connectivity index (χ4n) is 2.60. The van der Waals surface area contributed by atoms with Gasteiger partial charge in [-0.05, 0) is 20.8 Å². The molecule has 1 aromatic heterocycles. The van der Waals surface area contributed by atoms with Crippen molar-refractivity contribution < 1.29 is 4.79 Å². The van der Waals surface area contributed by atoms with Crippen molar-refractivity contribution in [1.82, 2.24) is 20.1 Å². The van der Waals surface area contributed by atoms with E-state index < -0.39 is 5.54 Å². The molecule has 2 rings (SSSR count). The minimum absolute atomic E-state index is 0.285. The first-order valence-electron chi connectivity index (χ1n) is 7.76. The Morgan fingerprint density at radius 1 is 1.43 bits per heavy atom. The Labute approximate surface area is 141 Å². The van der Waals surface area contributed by atoms with Crippen LogP contribution in [-0.4, -0.2) is 65.4 Å². The molecule has 0 atom stereocenters. The molecule has 1 saturated heterocycles. The molecule has 2 heterocycles. The van der Waals surface area contributed by atoms with E-state index >= 15 is 0 Å². The van der Waals surface area contributed by atoms with Crippen molar-refractivity contribution in [2.45, 2.75) is 32.9 Å². The van der Waals surface area contributed by atoms with Crippen LogP contribution in [0, 0.1) is 6.92 Å². The molecule has 0 unspecified atom stereocenters. The molecular weight excluding hydrogens is 312 g/mol. The Hall–Kier alpha value is -1.67. The number of amides is 1. The van der Waals surface area contributed by atoms with E-state index in [4.69, 9.17) is 5.73 Å². The van der Waals surface area contributed by atoms with Crippen LogP contribution in [0.1, 0.15) is 24.5 Å². The van der Waals surface area contributed by atoms with Crippen molar-refractivity contribution in [3.05, 3.63) is 16.1 Å². The van der Waals surface area contributed by atoms with Crippen LogP contribution in [0.15, 0.2) is 10.4 Å². The van der Waals surface area contributed by atoms with Crippen molar-refractivity contribution >= 4 is 23.2 Å². The highest BCUT2D eigenvalue weighted by Crippen LogP contribution is 2.16. The van der Waals surface area contributed by atoms with Crippen LogP contribution in [-0.2, 0) is 11.3 Å². The fourth-order valence-corrected chi connectivity index (χ4v) is 3.32. The first-order valence-corrected chi connectivity index (χ1v) is 8.64. The number of aliphatic imine (C=N–C) groups is 1. The first-order chi connectivity index (χ1) is 10.8. The van der Waals surface area contributed by atoms with Gasteiger partial charge in [0.25, 0.3) is 0 Å². The minimum atomic E-state index is -0.610. The number of carbonyl (C=O) groups excluding carboxylic acids is 1. The zero-order chi connectivity index (χ0) is 17.0. The second kappa shape index (κ2) is 7.27. The molecule has 0 radical (unpaired) electrons. The Kier molecular flexibility index (Phi) is 5.59. The molecule has 0 spiro atoms. The number of carbonyl (C=O) groups is 1. The van der Waals surface area contributed by atoms with E-state index in [9.17, 15) is 4.79 Å². The molecule has 0 aromatic carbocycles. The van der Waals surface area contributed by atoms with Crippen LogP contribution >= 0.6 is 11.3 Å². The summed E-state index contributed by atoms with van der Waals surface area (Å²) < 4.78 is 0. The molecule has 1 aliphatic heterocycles. The van der Waals surface area contributed by atoms with Gasteiger partial charge in [0.15, 0.2) is 5.96 Å². The molecule has 23 heavy (non-hydrogen) atoms. The molecule has 8 heteroatoms. The number of aryl methyl sites for hydroxylation is 1. The highest BCUT2D eigenvalue weighted by atomic mass is 32.1. The van der Waals surface area contributed by atoms with E-state index in [0.717, 1.165) is 42.8 Å². The summed E-state index contributed by atoms with van der Waals surface area (Å²) in [6.45, 7) is 9.62. The Morgan fingerprint density at radius 3 is 2.57 bits per heavy atom. The topological polar surface area (TPSA) is 86.8 Å². The number of hydrogen-bond donors (Lipinski definition) is 2. The third-order valence-corrected chi connectivity index (χ3v) is 5.22. The average molecular weight is 338 g/mol. The number of nitrogens with one attached hydrogen (secondary N) is 1. The quantitative estimate of drug-likeness (QED) is 0.613. The smallest absolute Gasteiger partial charge is 0.237 e. The van der Waals surface area contributed by atoms with Crippen molar-refractivity contribution in [2.24, 2.45) is 10.7 Å². The number of hydrogen-bond acceptors (Lipinski definition) is 5.